The Kier molecular flexibility index (Phi) is 5.28. The van der Waals surface area contributed by atoms with Gasteiger partial charge in [-0.1, -0.05) is 0 Å². The molecule has 2 amide bonds. The summed E-state index contributed by atoms with van der Waals surface area (Å²) in [7, 11) is 1.74. The van der Waals surface area contributed by atoms with Gasteiger partial charge >= 0.3 is 0 Å². The minimum Gasteiger partial charge on any atom is -0.370 e. The molecule has 0 radical (unpaired) electrons. The van der Waals surface area contributed by atoms with Crippen LogP contribution < -0.4 is 16.8 Å². The van der Waals surface area contributed by atoms with Crippen molar-refractivity contribution in [2.24, 2.45) is 18.5 Å². The van der Waals surface area contributed by atoms with Crippen LogP contribution in [0.2, 0.25) is 0 Å². The fraction of sp³-hybridized carbons (Fsp3) is 0.500. The van der Waals surface area contributed by atoms with Crippen molar-refractivity contribution in [3.05, 3.63) is 18.0 Å². The number of hydrogen-bond donors (Lipinski definition) is 3. The van der Waals surface area contributed by atoms with Crippen molar-refractivity contribution in [2.75, 3.05) is 19.8 Å². The average molecular weight is 255 g/mol. The van der Waals surface area contributed by atoms with Gasteiger partial charge in [-0.05, 0) is 0 Å². The summed E-state index contributed by atoms with van der Waals surface area (Å²) in [6.45, 7) is 0.305. The Labute approximate surface area is 104 Å². The highest BCUT2D eigenvalue weighted by atomic mass is 16.5. The predicted molar refractivity (Wildman–Crippen MR) is 63.2 cm³/mol. The van der Waals surface area contributed by atoms with Gasteiger partial charge in [-0.2, -0.15) is 5.10 Å². The lowest BCUT2D eigenvalue weighted by Gasteiger charge is -2.10. The molecule has 1 atom stereocenters. The molecule has 8 nitrogen and oxygen atoms in total. The maximum atomic E-state index is 11.6. The minimum atomic E-state index is -0.769. The fourth-order valence-corrected chi connectivity index (χ4v) is 1.28. The number of aryl methyl sites for hydroxylation is 1. The van der Waals surface area contributed by atoms with Crippen LogP contribution in [-0.2, 0) is 21.4 Å². The molecule has 18 heavy (non-hydrogen) atoms. The molecule has 0 aliphatic heterocycles. The monoisotopic (exact) mass is 255 g/mol. The Morgan fingerprint density at radius 3 is 2.89 bits per heavy atom. The second-order valence-corrected chi connectivity index (χ2v) is 3.73. The number of hydrogen-bond acceptors (Lipinski definition) is 5. The number of aromatic nitrogens is 2. The molecule has 0 aromatic carbocycles. The third-order valence-electron chi connectivity index (χ3n) is 2.16. The SMILES string of the molecule is Cn1cc(C(N)C(=O)NCCOCC(N)=O)cn1. The van der Waals surface area contributed by atoms with E-state index in [0.29, 0.717) is 5.56 Å². The lowest BCUT2D eigenvalue weighted by molar-refractivity contribution is -0.123. The summed E-state index contributed by atoms with van der Waals surface area (Å²) < 4.78 is 6.46. The van der Waals surface area contributed by atoms with Gasteiger partial charge in [0.1, 0.15) is 12.6 Å². The average Bonchev–Trinajstić information content (AvgIpc) is 2.73. The maximum absolute atomic E-state index is 11.6. The van der Waals surface area contributed by atoms with E-state index in [0.717, 1.165) is 0 Å². The molecular formula is C10H17N5O3. The topological polar surface area (TPSA) is 125 Å². The number of primary amides is 1. The molecule has 0 saturated heterocycles. The number of nitrogens with zero attached hydrogens (tertiary/aromatic N) is 2. The molecule has 5 N–H and O–H groups in total. The van der Waals surface area contributed by atoms with Crippen LogP contribution >= 0.6 is 0 Å². The van der Waals surface area contributed by atoms with Crippen LogP contribution in [0.15, 0.2) is 12.4 Å². The molecule has 1 unspecified atom stereocenters. The van der Waals surface area contributed by atoms with Crippen LogP contribution in [0.3, 0.4) is 0 Å². The number of carbonyl (C=O) groups is 2. The predicted octanol–water partition coefficient (Wildman–Crippen LogP) is -1.96. The van der Waals surface area contributed by atoms with E-state index in [1.165, 1.54) is 6.20 Å². The second-order valence-electron chi connectivity index (χ2n) is 3.73. The molecule has 100 valence electrons. The van der Waals surface area contributed by atoms with Crippen LogP contribution in [0, 0.1) is 0 Å². The Balaban J connectivity index is 2.26. The van der Waals surface area contributed by atoms with Crippen LogP contribution in [0.5, 0.6) is 0 Å². The molecule has 1 aromatic heterocycles. The standard InChI is InChI=1S/C10H17N5O3/c1-15-5-7(4-14-15)9(12)10(17)13-2-3-18-6-8(11)16/h4-5,9H,2-3,6,12H2,1H3,(H2,11,16)(H,13,17). The Morgan fingerprint density at radius 2 is 2.33 bits per heavy atom. The van der Waals surface area contributed by atoms with Gasteiger partial charge in [0.15, 0.2) is 0 Å². The summed E-state index contributed by atoms with van der Waals surface area (Å²) in [5, 5.41) is 6.52. The van der Waals surface area contributed by atoms with Gasteiger partial charge in [-0.3, -0.25) is 14.3 Å². The van der Waals surface area contributed by atoms with Gasteiger partial charge in [0.05, 0.1) is 12.8 Å². The molecular weight excluding hydrogens is 238 g/mol. The molecule has 0 aliphatic rings. The van der Waals surface area contributed by atoms with Crippen LogP contribution in [-0.4, -0.2) is 41.4 Å². The van der Waals surface area contributed by atoms with Crippen molar-refractivity contribution < 1.29 is 14.3 Å². The van der Waals surface area contributed by atoms with Crippen LogP contribution in [0.1, 0.15) is 11.6 Å². The third-order valence-corrected chi connectivity index (χ3v) is 2.16. The molecule has 0 saturated carbocycles. The van der Waals surface area contributed by atoms with Crippen molar-refractivity contribution >= 4 is 11.8 Å². The molecule has 1 rings (SSSR count). The molecule has 0 spiro atoms. The third kappa shape index (κ3) is 4.52. The maximum Gasteiger partial charge on any atom is 0.243 e. The van der Waals surface area contributed by atoms with E-state index < -0.39 is 11.9 Å². The van der Waals surface area contributed by atoms with E-state index >= 15 is 0 Å². The first-order valence-corrected chi connectivity index (χ1v) is 5.38. The lowest BCUT2D eigenvalue weighted by Crippen LogP contribution is -2.36. The fourth-order valence-electron chi connectivity index (χ4n) is 1.28. The van der Waals surface area contributed by atoms with Gasteiger partial charge in [0, 0.05) is 25.4 Å². The molecule has 8 heteroatoms. The summed E-state index contributed by atoms with van der Waals surface area (Å²) >= 11 is 0. The number of ether oxygens (including phenoxy) is 1. The van der Waals surface area contributed by atoms with Gasteiger partial charge in [-0.15, -0.1) is 0 Å². The first-order valence-electron chi connectivity index (χ1n) is 5.38. The Bertz CT molecular complexity index is 417. The first-order chi connectivity index (χ1) is 8.50. The molecule has 1 heterocycles. The molecule has 0 bridgehead atoms. The quantitative estimate of drug-likeness (QED) is 0.488. The van der Waals surface area contributed by atoms with Crippen LogP contribution in [0.25, 0.3) is 0 Å². The summed E-state index contributed by atoms with van der Waals surface area (Å²) in [5.41, 5.74) is 11.2. The van der Waals surface area contributed by atoms with E-state index in [1.54, 1.807) is 17.9 Å². The van der Waals surface area contributed by atoms with E-state index in [9.17, 15) is 9.59 Å². The van der Waals surface area contributed by atoms with Gasteiger partial charge in [0.2, 0.25) is 11.8 Å². The number of nitrogens with one attached hydrogen (secondary N) is 1. The van der Waals surface area contributed by atoms with Gasteiger partial charge in [0.25, 0.3) is 0 Å². The van der Waals surface area contributed by atoms with Crippen molar-refractivity contribution in [3.63, 3.8) is 0 Å². The van der Waals surface area contributed by atoms with Crippen molar-refractivity contribution in [3.8, 4) is 0 Å². The lowest BCUT2D eigenvalue weighted by atomic mass is 10.1. The molecule has 1 aromatic rings. The summed E-state index contributed by atoms with van der Waals surface area (Å²) in [5.74, 6) is -0.876. The highest BCUT2D eigenvalue weighted by molar-refractivity contribution is 5.82. The van der Waals surface area contributed by atoms with E-state index in [1.807, 2.05) is 0 Å². The van der Waals surface area contributed by atoms with Crippen molar-refractivity contribution in [1.29, 1.82) is 0 Å². The highest BCUT2D eigenvalue weighted by Crippen LogP contribution is 2.07. The zero-order chi connectivity index (χ0) is 13.5. The number of carbonyl (C=O) groups excluding carboxylic acids is 2. The van der Waals surface area contributed by atoms with E-state index in [2.05, 4.69) is 10.4 Å². The molecule has 0 aliphatic carbocycles. The summed E-state index contributed by atoms with van der Waals surface area (Å²) in [6, 6.07) is -0.769. The highest BCUT2D eigenvalue weighted by Gasteiger charge is 2.16. The zero-order valence-electron chi connectivity index (χ0n) is 10.1. The van der Waals surface area contributed by atoms with E-state index in [4.69, 9.17) is 16.2 Å². The minimum absolute atomic E-state index is 0.162. The smallest absolute Gasteiger partial charge is 0.243 e. The largest absolute Gasteiger partial charge is 0.370 e. The number of nitrogens with two attached hydrogens (primary N) is 2. The van der Waals surface area contributed by atoms with E-state index in [-0.39, 0.29) is 25.7 Å². The van der Waals surface area contributed by atoms with Gasteiger partial charge in [-0.25, -0.2) is 0 Å². The zero-order valence-corrected chi connectivity index (χ0v) is 10.1. The second kappa shape index (κ2) is 6.72. The Hall–Kier alpha value is -1.93. The molecule has 0 fully saturated rings. The normalized spacial score (nSPS) is 12.1. The summed E-state index contributed by atoms with van der Waals surface area (Å²) in [6.07, 6.45) is 3.21. The van der Waals surface area contributed by atoms with Crippen molar-refractivity contribution in [1.82, 2.24) is 15.1 Å². The first kappa shape index (κ1) is 14.1. The van der Waals surface area contributed by atoms with Crippen molar-refractivity contribution in [2.45, 2.75) is 6.04 Å². The Morgan fingerprint density at radius 1 is 1.61 bits per heavy atom. The van der Waals surface area contributed by atoms with Gasteiger partial charge < -0.3 is 21.5 Å². The summed E-state index contributed by atoms with van der Waals surface area (Å²) in [4.78, 5) is 22.0. The number of amides is 2. The number of rotatable bonds is 7. The van der Waals surface area contributed by atoms with Crippen LogP contribution in [0.4, 0.5) is 0 Å².